The van der Waals surface area contributed by atoms with Crippen LogP contribution >= 0.6 is 0 Å². The lowest BCUT2D eigenvalue weighted by Crippen LogP contribution is -2.20. The minimum Gasteiger partial charge on any atom is -0.478 e. The zero-order valence-corrected chi connectivity index (χ0v) is 10.6. The van der Waals surface area contributed by atoms with Crippen molar-refractivity contribution in [2.24, 2.45) is 0 Å². The lowest BCUT2D eigenvalue weighted by molar-refractivity contribution is 0.0693. The summed E-state index contributed by atoms with van der Waals surface area (Å²) in [6, 6.07) is 1.76. The number of nitrogens with zero attached hydrogens (tertiary/aromatic N) is 1. The maximum absolute atomic E-state index is 11.2. The summed E-state index contributed by atoms with van der Waals surface area (Å²) in [6.45, 7) is 9.87. The number of rotatable bonds is 2. The van der Waals surface area contributed by atoms with Gasteiger partial charge in [0.2, 0.25) is 0 Å². The first-order chi connectivity index (χ1) is 7.27. The Hall–Kier alpha value is -1.38. The Morgan fingerprint density at radius 2 is 2.00 bits per heavy atom. The van der Waals surface area contributed by atoms with Gasteiger partial charge in [-0.3, -0.25) is 4.98 Å². The molecule has 88 valence electrons. The fourth-order valence-electron chi connectivity index (χ4n) is 1.74. The van der Waals surface area contributed by atoms with Gasteiger partial charge in [0.15, 0.2) is 0 Å². The van der Waals surface area contributed by atoms with E-state index >= 15 is 0 Å². The summed E-state index contributed by atoms with van der Waals surface area (Å²) in [7, 11) is 0. The summed E-state index contributed by atoms with van der Waals surface area (Å²) in [4.78, 5) is 15.7. The molecule has 0 atom stereocenters. The van der Waals surface area contributed by atoms with E-state index in [0.29, 0.717) is 11.3 Å². The van der Waals surface area contributed by atoms with Crippen LogP contribution in [-0.4, -0.2) is 16.1 Å². The zero-order valence-electron chi connectivity index (χ0n) is 10.6. The van der Waals surface area contributed by atoms with Gasteiger partial charge in [-0.2, -0.15) is 0 Å². The molecule has 0 saturated carbocycles. The molecule has 1 aromatic heterocycles. The average Bonchev–Trinajstić information content (AvgIpc) is 2.15. The van der Waals surface area contributed by atoms with Gasteiger partial charge < -0.3 is 5.11 Å². The van der Waals surface area contributed by atoms with Gasteiger partial charge >= 0.3 is 5.97 Å². The topological polar surface area (TPSA) is 50.2 Å². The summed E-state index contributed by atoms with van der Waals surface area (Å²) in [6.07, 6.45) is 0.809. The molecule has 0 aromatic carbocycles. The van der Waals surface area contributed by atoms with Gasteiger partial charge in [-0.25, -0.2) is 4.79 Å². The molecule has 0 spiro atoms. The second-order valence-corrected chi connectivity index (χ2v) is 5.04. The van der Waals surface area contributed by atoms with Crippen LogP contribution in [-0.2, 0) is 11.8 Å². The number of hydrogen-bond acceptors (Lipinski definition) is 2. The van der Waals surface area contributed by atoms with Crippen molar-refractivity contribution in [2.45, 2.75) is 46.5 Å². The van der Waals surface area contributed by atoms with Crippen LogP contribution < -0.4 is 0 Å². The number of carboxylic acids is 1. The Bertz CT molecular complexity index is 417. The summed E-state index contributed by atoms with van der Waals surface area (Å²) < 4.78 is 0. The number of hydrogen-bond donors (Lipinski definition) is 1. The maximum Gasteiger partial charge on any atom is 0.337 e. The molecule has 3 heteroatoms. The van der Waals surface area contributed by atoms with Crippen LogP contribution in [0.4, 0.5) is 0 Å². The third-order valence-electron chi connectivity index (χ3n) is 2.64. The van der Waals surface area contributed by atoms with Gasteiger partial charge in [0.05, 0.1) is 11.3 Å². The SMILES string of the molecule is CCc1cc(C(=O)O)c(C(C)(C)C)nc1C. The Balaban J connectivity index is 3.49. The number of aryl methyl sites for hydroxylation is 2. The largest absolute Gasteiger partial charge is 0.478 e. The molecule has 0 bridgehead atoms. The second kappa shape index (κ2) is 4.24. The molecule has 0 saturated heterocycles. The van der Waals surface area contributed by atoms with Crippen LogP contribution in [0.15, 0.2) is 6.07 Å². The lowest BCUT2D eigenvalue weighted by Gasteiger charge is -2.21. The van der Waals surface area contributed by atoms with Gasteiger partial charge in [-0.15, -0.1) is 0 Å². The van der Waals surface area contributed by atoms with Crippen molar-refractivity contribution in [3.05, 3.63) is 28.6 Å². The molecular formula is C13H19NO2. The van der Waals surface area contributed by atoms with Crippen molar-refractivity contribution in [1.29, 1.82) is 0 Å². The molecule has 0 aliphatic heterocycles. The monoisotopic (exact) mass is 221 g/mol. The third-order valence-corrected chi connectivity index (χ3v) is 2.64. The maximum atomic E-state index is 11.2. The third kappa shape index (κ3) is 2.40. The Morgan fingerprint density at radius 3 is 2.38 bits per heavy atom. The summed E-state index contributed by atoms with van der Waals surface area (Å²) in [5, 5.41) is 9.20. The first-order valence-electron chi connectivity index (χ1n) is 5.51. The lowest BCUT2D eigenvalue weighted by atomic mass is 9.87. The van der Waals surface area contributed by atoms with Crippen molar-refractivity contribution in [3.8, 4) is 0 Å². The predicted molar refractivity (Wildman–Crippen MR) is 64.0 cm³/mol. The average molecular weight is 221 g/mol. The second-order valence-electron chi connectivity index (χ2n) is 5.04. The normalized spacial score (nSPS) is 11.6. The highest BCUT2D eigenvalue weighted by Gasteiger charge is 2.24. The molecule has 0 aliphatic rings. The Kier molecular flexibility index (Phi) is 3.36. The van der Waals surface area contributed by atoms with Gasteiger partial charge in [0.1, 0.15) is 0 Å². The summed E-state index contributed by atoms with van der Waals surface area (Å²) >= 11 is 0. The van der Waals surface area contributed by atoms with Gasteiger partial charge in [-0.1, -0.05) is 27.7 Å². The standard InChI is InChI=1S/C13H19NO2/c1-6-9-7-10(12(15)16)11(13(3,4)5)14-8(9)2/h7H,6H2,1-5H3,(H,15,16). The van der Waals surface area contributed by atoms with Gasteiger partial charge in [-0.05, 0) is 25.0 Å². The van der Waals surface area contributed by atoms with Crippen LogP contribution in [0.5, 0.6) is 0 Å². The number of carboxylic acid groups (broad SMARTS) is 1. The first kappa shape index (κ1) is 12.7. The molecule has 0 unspecified atom stereocenters. The number of aromatic carboxylic acids is 1. The number of carbonyl (C=O) groups is 1. The summed E-state index contributed by atoms with van der Waals surface area (Å²) in [5.74, 6) is -0.896. The number of aromatic nitrogens is 1. The molecule has 0 radical (unpaired) electrons. The van der Waals surface area contributed by atoms with Gasteiger partial charge in [0.25, 0.3) is 0 Å². The molecule has 1 rings (SSSR count). The van der Waals surface area contributed by atoms with E-state index in [1.54, 1.807) is 6.07 Å². The fraction of sp³-hybridized carbons (Fsp3) is 0.538. The van der Waals surface area contributed by atoms with Crippen molar-refractivity contribution in [2.75, 3.05) is 0 Å². The zero-order chi connectivity index (χ0) is 12.5. The van der Waals surface area contributed by atoms with Crippen LogP contribution in [0.25, 0.3) is 0 Å². The molecule has 0 fully saturated rings. The highest BCUT2D eigenvalue weighted by Crippen LogP contribution is 2.26. The minimum atomic E-state index is -0.896. The van der Waals surface area contributed by atoms with Crippen LogP contribution in [0.2, 0.25) is 0 Å². The Labute approximate surface area is 96.5 Å². The van der Waals surface area contributed by atoms with Crippen molar-refractivity contribution < 1.29 is 9.90 Å². The molecule has 3 nitrogen and oxygen atoms in total. The molecule has 1 heterocycles. The van der Waals surface area contributed by atoms with Crippen molar-refractivity contribution >= 4 is 5.97 Å². The smallest absolute Gasteiger partial charge is 0.337 e. The molecule has 1 N–H and O–H groups in total. The van der Waals surface area contributed by atoms with Crippen LogP contribution in [0, 0.1) is 6.92 Å². The van der Waals surface area contributed by atoms with E-state index in [2.05, 4.69) is 4.98 Å². The first-order valence-corrected chi connectivity index (χ1v) is 5.51. The Morgan fingerprint density at radius 1 is 1.44 bits per heavy atom. The molecule has 16 heavy (non-hydrogen) atoms. The quantitative estimate of drug-likeness (QED) is 0.835. The molecule has 1 aromatic rings. The van der Waals surface area contributed by atoms with E-state index in [1.165, 1.54) is 0 Å². The summed E-state index contributed by atoms with van der Waals surface area (Å²) in [5.41, 5.74) is 2.68. The van der Waals surface area contributed by atoms with E-state index in [0.717, 1.165) is 17.7 Å². The van der Waals surface area contributed by atoms with Crippen LogP contribution in [0.3, 0.4) is 0 Å². The highest BCUT2D eigenvalue weighted by atomic mass is 16.4. The fourth-order valence-corrected chi connectivity index (χ4v) is 1.74. The molecule has 0 aliphatic carbocycles. The molecule has 0 amide bonds. The molecular weight excluding hydrogens is 202 g/mol. The van der Waals surface area contributed by atoms with E-state index in [-0.39, 0.29) is 5.41 Å². The van der Waals surface area contributed by atoms with Gasteiger partial charge in [0, 0.05) is 11.1 Å². The van der Waals surface area contributed by atoms with E-state index in [9.17, 15) is 9.90 Å². The van der Waals surface area contributed by atoms with E-state index in [1.807, 2.05) is 34.6 Å². The van der Waals surface area contributed by atoms with Crippen molar-refractivity contribution in [3.63, 3.8) is 0 Å². The van der Waals surface area contributed by atoms with E-state index < -0.39 is 5.97 Å². The van der Waals surface area contributed by atoms with E-state index in [4.69, 9.17) is 0 Å². The highest BCUT2D eigenvalue weighted by molar-refractivity contribution is 5.89. The number of pyridine rings is 1. The van der Waals surface area contributed by atoms with Crippen LogP contribution in [0.1, 0.15) is 55.0 Å². The minimum absolute atomic E-state index is 0.245. The predicted octanol–water partition coefficient (Wildman–Crippen LogP) is 2.95. The van der Waals surface area contributed by atoms with Crippen molar-refractivity contribution in [1.82, 2.24) is 4.98 Å².